The zero-order valence-electron chi connectivity index (χ0n) is 11.5. The topological polar surface area (TPSA) is 38.5 Å². The molecular formula is C15H23FN2O. The molecule has 0 aromatic heterocycles. The summed E-state index contributed by atoms with van der Waals surface area (Å²) in [5.41, 5.74) is 6.95. The van der Waals surface area contributed by atoms with E-state index in [0.717, 1.165) is 31.7 Å². The molecule has 2 atom stereocenters. The predicted octanol–water partition coefficient (Wildman–Crippen LogP) is 2.18. The summed E-state index contributed by atoms with van der Waals surface area (Å²) in [6, 6.07) is 6.77. The Kier molecular flexibility index (Phi) is 5.31. The minimum Gasteiger partial charge on any atom is -0.381 e. The van der Waals surface area contributed by atoms with Gasteiger partial charge in [-0.2, -0.15) is 0 Å². The Morgan fingerprint density at radius 1 is 1.42 bits per heavy atom. The first kappa shape index (κ1) is 14.4. The van der Waals surface area contributed by atoms with Crippen LogP contribution < -0.4 is 5.73 Å². The molecule has 1 saturated heterocycles. The molecule has 0 radical (unpaired) electrons. The van der Waals surface area contributed by atoms with Gasteiger partial charge in [0, 0.05) is 25.7 Å². The van der Waals surface area contributed by atoms with E-state index in [0.29, 0.717) is 12.5 Å². The van der Waals surface area contributed by atoms with Gasteiger partial charge in [-0.25, -0.2) is 4.39 Å². The van der Waals surface area contributed by atoms with Crippen LogP contribution in [0, 0.1) is 11.7 Å². The van der Waals surface area contributed by atoms with Crippen molar-refractivity contribution in [3.63, 3.8) is 0 Å². The zero-order valence-corrected chi connectivity index (χ0v) is 11.5. The highest BCUT2D eigenvalue weighted by atomic mass is 19.1. The number of nitrogens with zero attached hydrogens (tertiary/aromatic N) is 1. The molecule has 1 aromatic rings. The van der Waals surface area contributed by atoms with Gasteiger partial charge in [-0.3, -0.25) is 4.90 Å². The van der Waals surface area contributed by atoms with Crippen molar-refractivity contribution in [2.45, 2.75) is 18.9 Å². The first-order valence-electron chi connectivity index (χ1n) is 6.94. The molecule has 2 N–H and O–H groups in total. The maximum absolute atomic E-state index is 13.0. The third kappa shape index (κ3) is 4.00. The fraction of sp³-hybridized carbons (Fsp3) is 0.600. The van der Waals surface area contributed by atoms with E-state index in [-0.39, 0.29) is 11.9 Å². The van der Waals surface area contributed by atoms with Crippen LogP contribution in [-0.2, 0) is 4.74 Å². The normalized spacial score (nSPS) is 21.6. The second kappa shape index (κ2) is 6.98. The summed E-state index contributed by atoms with van der Waals surface area (Å²) in [7, 11) is 2.08. The van der Waals surface area contributed by atoms with Gasteiger partial charge in [0.2, 0.25) is 0 Å². The van der Waals surface area contributed by atoms with Crippen LogP contribution in [0.2, 0.25) is 0 Å². The van der Waals surface area contributed by atoms with Crippen molar-refractivity contribution < 1.29 is 9.13 Å². The SMILES string of the molecule is CN(CC1CCCOC1)C(CN)c1ccc(F)cc1. The van der Waals surface area contributed by atoms with Gasteiger partial charge in [-0.05, 0) is 43.5 Å². The fourth-order valence-electron chi connectivity index (χ4n) is 2.74. The molecule has 1 aromatic carbocycles. The molecule has 0 saturated carbocycles. The van der Waals surface area contributed by atoms with Gasteiger partial charge in [-0.1, -0.05) is 12.1 Å². The van der Waals surface area contributed by atoms with Crippen LogP contribution in [0.1, 0.15) is 24.4 Å². The van der Waals surface area contributed by atoms with Crippen molar-refractivity contribution in [3.8, 4) is 0 Å². The highest BCUT2D eigenvalue weighted by Crippen LogP contribution is 2.22. The number of ether oxygens (including phenoxy) is 1. The monoisotopic (exact) mass is 266 g/mol. The number of rotatable bonds is 5. The van der Waals surface area contributed by atoms with Gasteiger partial charge in [0.1, 0.15) is 5.82 Å². The van der Waals surface area contributed by atoms with Crippen molar-refractivity contribution in [3.05, 3.63) is 35.6 Å². The molecule has 2 rings (SSSR count). The van der Waals surface area contributed by atoms with E-state index in [9.17, 15) is 4.39 Å². The second-order valence-corrected chi connectivity index (χ2v) is 5.33. The Balaban J connectivity index is 1.97. The summed E-state index contributed by atoms with van der Waals surface area (Å²) >= 11 is 0. The highest BCUT2D eigenvalue weighted by Gasteiger charge is 2.21. The van der Waals surface area contributed by atoms with Gasteiger partial charge in [-0.15, -0.1) is 0 Å². The summed E-state index contributed by atoms with van der Waals surface area (Å²) in [6.07, 6.45) is 2.35. The lowest BCUT2D eigenvalue weighted by atomic mass is 9.99. The number of likely N-dealkylation sites (N-methyl/N-ethyl adjacent to an activating group) is 1. The molecule has 0 aliphatic carbocycles. The van der Waals surface area contributed by atoms with E-state index in [1.54, 1.807) is 0 Å². The summed E-state index contributed by atoms with van der Waals surface area (Å²) < 4.78 is 18.5. The zero-order chi connectivity index (χ0) is 13.7. The first-order valence-corrected chi connectivity index (χ1v) is 6.94. The van der Waals surface area contributed by atoms with Gasteiger partial charge < -0.3 is 10.5 Å². The molecule has 106 valence electrons. The molecule has 0 amide bonds. The van der Waals surface area contributed by atoms with Crippen LogP contribution in [0.15, 0.2) is 24.3 Å². The lowest BCUT2D eigenvalue weighted by molar-refractivity contribution is 0.0365. The summed E-state index contributed by atoms with van der Waals surface area (Å²) in [6.45, 7) is 3.23. The lowest BCUT2D eigenvalue weighted by Crippen LogP contribution is -2.36. The van der Waals surface area contributed by atoms with Crippen molar-refractivity contribution in [1.82, 2.24) is 4.90 Å². The molecule has 0 bridgehead atoms. The van der Waals surface area contributed by atoms with Crippen LogP contribution in [0.25, 0.3) is 0 Å². The third-order valence-electron chi connectivity index (χ3n) is 3.81. The summed E-state index contributed by atoms with van der Waals surface area (Å²) in [5.74, 6) is 0.371. The van der Waals surface area contributed by atoms with Crippen LogP contribution in [-0.4, -0.2) is 38.3 Å². The van der Waals surface area contributed by atoms with Crippen LogP contribution in [0.3, 0.4) is 0 Å². The Labute approximate surface area is 114 Å². The van der Waals surface area contributed by atoms with E-state index >= 15 is 0 Å². The third-order valence-corrected chi connectivity index (χ3v) is 3.81. The van der Waals surface area contributed by atoms with Crippen LogP contribution in [0.5, 0.6) is 0 Å². The molecule has 19 heavy (non-hydrogen) atoms. The van der Waals surface area contributed by atoms with E-state index in [2.05, 4.69) is 11.9 Å². The van der Waals surface area contributed by atoms with E-state index in [1.165, 1.54) is 18.6 Å². The maximum Gasteiger partial charge on any atom is 0.123 e. The summed E-state index contributed by atoms with van der Waals surface area (Å²) in [5, 5.41) is 0. The molecule has 1 aliphatic rings. The van der Waals surface area contributed by atoms with Gasteiger partial charge in [0.25, 0.3) is 0 Å². The van der Waals surface area contributed by atoms with Gasteiger partial charge in [0.05, 0.1) is 6.61 Å². The number of hydrogen-bond donors (Lipinski definition) is 1. The van der Waals surface area contributed by atoms with Crippen LogP contribution >= 0.6 is 0 Å². The predicted molar refractivity (Wildman–Crippen MR) is 74.4 cm³/mol. The molecule has 1 aliphatic heterocycles. The number of benzene rings is 1. The van der Waals surface area contributed by atoms with E-state index in [4.69, 9.17) is 10.5 Å². The smallest absolute Gasteiger partial charge is 0.123 e. The molecular weight excluding hydrogens is 243 g/mol. The fourth-order valence-corrected chi connectivity index (χ4v) is 2.74. The van der Waals surface area contributed by atoms with Crippen LogP contribution in [0.4, 0.5) is 4.39 Å². The van der Waals surface area contributed by atoms with E-state index in [1.807, 2.05) is 12.1 Å². The molecule has 0 spiro atoms. The minimum absolute atomic E-state index is 0.141. The lowest BCUT2D eigenvalue weighted by Gasteiger charge is -2.32. The molecule has 4 heteroatoms. The highest BCUT2D eigenvalue weighted by molar-refractivity contribution is 5.20. The maximum atomic E-state index is 13.0. The van der Waals surface area contributed by atoms with Crippen molar-refractivity contribution >= 4 is 0 Å². The average molecular weight is 266 g/mol. The van der Waals surface area contributed by atoms with Crippen molar-refractivity contribution in [2.24, 2.45) is 11.7 Å². The molecule has 1 heterocycles. The summed E-state index contributed by atoms with van der Waals surface area (Å²) in [4.78, 5) is 2.26. The number of halogens is 1. The average Bonchev–Trinajstić information content (AvgIpc) is 2.43. The minimum atomic E-state index is -0.206. The Morgan fingerprint density at radius 2 is 2.16 bits per heavy atom. The van der Waals surface area contributed by atoms with Crippen molar-refractivity contribution in [1.29, 1.82) is 0 Å². The Bertz CT molecular complexity index is 376. The second-order valence-electron chi connectivity index (χ2n) is 5.33. The molecule has 3 nitrogen and oxygen atoms in total. The standard InChI is InChI=1S/C15H23FN2O/c1-18(10-12-3-2-8-19-11-12)15(9-17)13-4-6-14(16)7-5-13/h4-7,12,15H,2-3,8-11,17H2,1H3. The first-order chi connectivity index (χ1) is 9.20. The number of nitrogens with two attached hydrogens (primary N) is 1. The van der Waals surface area contributed by atoms with Gasteiger partial charge >= 0.3 is 0 Å². The van der Waals surface area contributed by atoms with Crippen molar-refractivity contribution in [2.75, 3.05) is 33.4 Å². The number of hydrogen-bond acceptors (Lipinski definition) is 3. The largest absolute Gasteiger partial charge is 0.381 e. The Morgan fingerprint density at radius 3 is 2.74 bits per heavy atom. The quantitative estimate of drug-likeness (QED) is 0.888. The Hall–Kier alpha value is -0.970. The van der Waals surface area contributed by atoms with Gasteiger partial charge in [0.15, 0.2) is 0 Å². The molecule has 1 fully saturated rings. The molecule has 2 unspecified atom stereocenters. The van der Waals surface area contributed by atoms with E-state index < -0.39 is 0 Å².